The highest BCUT2D eigenvalue weighted by Gasteiger charge is 2.15. The molecule has 0 heterocycles. The predicted octanol–water partition coefficient (Wildman–Crippen LogP) is 3.13. The maximum Gasteiger partial charge on any atom is 0.307 e. The van der Waals surface area contributed by atoms with E-state index in [0.29, 0.717) is 36.8 Å². The van der Waals surface area contributed by atoms with Gasteiger partial charge in [-0.1, -0.05) is 26.8 Å². The molecule has 0 atom stereocenters. The largest absolute Gasteiger partial charge is 0.490 e. The third-order valence-corrected chi connectivity index (χ3v) is 3.52. The molecular formula is C19H29NO5. The maximum absolute atomic E-state index is 12.3. The molecular weight excluding hydrogens is 322 g/mol. The molecule has 1 N–H and O–H groups in total. The number of nitrogens with zero attached hydrogens (tertiary/aromatic N) is 1. The Balaban J connectivity index is 2.80. The first-order valence-corrected chi connectivity index (χ1v) is 8.89. The molecule has 1 rings (SSSR count). The lowest BCUT2D eigenvalue weighted by Crippen LogP contribution is -2.36. The first kappa shape index (κ1) is 20.8. The Bertz CT molecular complexity index is 553. The molecule has 0 unspecified atom stereocenters. The summed E-state index contributed by atoms with van der Waals surface area (Å²) >= 11 is 0. The van der Waals surface area contributed by atoms with E-state index in [2.05, 4.69) is 0 Å². The molecule has 25 heavy (non-hydrogen) atoms. The van der Waals surface area contributed by atoms with Gasteiger partial charge in [-0.25, -0.2) is 0 Å². The Morgan fingerprint density at radius 3 is 2.24 bits per heavy atom. The number of benzene rings is 1. The lowest BCUT2D eigenvalue weighted by Gasteiger charge is -2.22. The second-order valence-electron chi connectivity index (χ2n) is 5.87. The molecule has 0 aliphatic heterocycles. The Hall–Kier alpha value is -2.24. The van der Waals surface area contributed by atoms with E-state index in [4.69, 9.17) is 14.6 Å². The van der Waals surface area contributed by atoms with Crippen LogP contribution in [0.5, 0.6) is 11.5 Å². The van der Waals surface area contributed by atoms with E-state index in [1.165, 1.54) is 0 Å². The van der Waals surface area contributed by atoms with Crippen LogP contribution >= 0.6 is 0 Å². The normalized spacial score (nSPS) is 10.4. The van der Waals surface area contributed by atoms with Gasteiger partial charge in [0.05, 0.1) is 13.0 Å². The quantitative estimate of drug-likeness (QED) is 0.626. The molecule has 0 aromatic heterocycles. The SMILES string of the molecule is CCCOc1cc(CC(=O)O)ccc1OCC(=O)N(CCC)CCC. The van der Waals surface area contributed by atoms with Gasteiger partial charge in [0.1, 0.15) is 0 Å². The van der Waals surface area contributed by atoms with E-state index in [1.54, 1.807) is 23.1 Å². The zero-order valence-electron chi connectivity index (χ0n) is 15.4. The summed E-state index contributed by atoms with van der Waals surface area (Å²) in [7, 11) is 0. The van der Waals surface area contributed by atoms with Crippen LogP contribution in [0.4, 0.5) is 0 Å². The van der Waals surface area contributed by atoms with Gasteiger partial charge in [-0.15, -0.1) is 0 Å². The number of amides is 1. The summed E-state index contributed by atoms with van der Waals surface area (Å²) < 4.78 is 11.3. The Kier molecular flexibility index (Phi) is 9.43. The van der Waals surface area contributed by atoms with Gasteiger partial charge in [0, 0.05) is 13.1 Å². The molecule has 1 amide bonds. The highest BCUT2D eigenvalue weighted by Crippen LogP contribution is 2.29. The smallest absolute Gasteiger partial charge is 0.307 e. The summed E-state index contributed by atoms with van der Waals surface area (Å²) in [5.74, 6) is -0.0189. The number of hydrogen-bond acceptors (Lipinski definition) is 4. The van der Waals surface area contributed by atoms with Crippen LogP contribution in [0.1, 0.15) is 45.6 Å². The van der Waals surface area contributed by atoms with Crippen molar-refractivity contribution >= 4 is 11.9 Å². The van der Waals surface area contributed by atoms with Crippen LogP contribution in [0.3, 0.4) is 0 Å². The van der Waals surface area contributed by atoms with Gasteiger partial charge < -0.3 is 19.5 Å². The lowest BCUT2D eigenvalue weighted by atomic mass is 10.1. The van der Waals surface area contributed by atoms with Crippen LogP contribution in [0.15, 0.2) is 18.2 Å². The third-order valence-electron chi connectivity index (χ3n) is 3.52. The van der Waals surface area contributed by atoms with E-state index in [0.717, 1.165) is 19.3 Å². The first-order chi connectivity index (χ1) is 12.0. The van der Waals surface area contributed by atoms with Gasteiger partial charge in [0.15, 0.2) is 18.1 Å². The zero-order chi connectivity index (χ0) is 18.7. The van der Waals surface area contributed by atoms with Crippen molar-refractivity contribution in [2.75, 3.05) is 26.3 Å². The summed E-state index contributed by atoms with van der Waals surface area (Å²) in [5.41, 5.74) is 0.635. The standard InChI is InChI=1S/C19H29NO5/c1-4-9-20(10-5-2)18(21)14-25-16-8-7-15(13-19(22)23)12-17(16)24-11-6-3/h7-8,12H,4-6,9-11,13-14H2,1-3H3,(H,22,23). The second-order valence-corrected chi connectivity index (χ2v) is 5.87. The van der Waals surface area contributed by atoms with E-state index in [-0.39, 0.29) is 18.9 Å². The number of carbonyl (C=O) groups excluding carboxylic acids is 1. The summed E-state index contributed by atoms with van der Waals surface area (Å²) in [4.78, 5) is 25.0. The molecule has 0 bridgehead atoms. The minimum atomic E-state index is -0.903. The van der Waals surface area contributed by atoms with Gasteiger partial charge in [0.2, 0.25) is 0 Å². The molecule has 6 heteroatoms. The third kappa shape index (κ3) is 7.45. The number of ether oxygens (including phenoxy) is 2. The average Bonchev–Trinajstić information content (AvgIpc) is 2.58. The van der Waals surface area contributed by atoms with Gasteiger partial charge in [-0.3, -0.25) is 9.59 Å². The van der Waals surface area contributed by atoms with Crippen LogP contribution in [0.25, 0.3) is 0 Å². The van der Waals surface area contributed by atoms with Gasteiger partial charge >= 0.3 is 5.97 Å². The number of carbonyl (C=O) groups is 2. The minimum absolute atomic E-state index is 0.0548. The van der Waals surface area contributed by atoms with Gasteiger partial charge in [0.25, 0.3) is 5.91 Å². The number of carboxylic acids is 1. The fourth-order valence-corrected chi connectivity index (χ4v) is 2.41. The molecule has 0 spiro atoms. The number of aliphatic carboxylic acids is 1. The Morgan fingerprint density at radius 1 is 1.00 bits per heavy atom. The average molecular weight is 351 g/mol. The van der Waals surface area contributed by atoms with Crippen LogP contribution < -0.4 is 9.47 Å². The van der Waals surface area contributed by atoms with E-state index >= 15 is 0 Å². The lowest BCUT2D eigenvalue weighted by molar-refractivity contribution is -0.136. The number of hydrogen-bond donors (Lipinski definition) is 1. The summed E-state index contributed by atoms with van der Waals surface area (Å²) in [5, 5.41) is 8.92. The fourth-order valence-electron chi connectivity index (χ4n) is 2.41. The van der Waals surface area contributed by atoms with Crippen molar-refractivity contribution in [3.8, 4) is 11.5 Å². The summed E-state index contributed by atoms with van der Waals surface area (Å²) in [6.07, 6.45) is 2.55. The van der Waals surface area contributed by atoms with Crippen molar-refractivity contribution in [1.29, 1.82) is 0 Å². The van der Waals surface area contributed by atoms with Crippen molar-refractivity contribution in [3.63, 3.8) is 0 Å². The van der Waals surface area contributed by atoms with Crippen LogP contribution in [0.2, 0.25) is 0 Å². The molecule has 1 aromatic rings. The van der Waals surface area contributed by atoms with Crippen molar-refractivity contribution in [2.45, 2.75) is 46.5 Å². The minimum Gasteiger partial charge on any atom is -0.490 e. The van der Waals surface area contributed by atoms with Crippen LogP contribution in [-0.4, -0.2) is 48.2 Å². The van der Waals surface area contributed by atoms with Crippen LogP contribution in [0, 0.1) is 0 Å². The second kappa shape index (κ2) is 11.3. The molecule has 1 aromatic carbocycles. The summed E-state index contributed by atoms with van der Waals surface area (Å²) in [6.45, 7) is 7.93. The fraction of sp³-hybridized carbons (Fsp3) is 0.579. The van der Waals surface area contributed by atoms with E-state index in [9.17, 15) is 9.59 Å². The first-order valence-electron chi connectivity index (χ1n) is 8.89. The molecule has 0 fully saturated rings. The Labute approximate surface area is 149 Å². The summed E-state index contributed by atoms with van der Waals surface area (Å²) in [6, 6.07) is 5.02. The Morgan fingerprint density at radius 2 is 1.68 bits per heavy atom. The molecule has 0 saturated carbocycles. The molecule has 0 saturated heterocycles. The van der Waals surface area contributed by atoms with Crippen molar-refractivity contribution in [2.24, 2.45) is 0 Å². The van der Waals surface area contributed by atoms with Crippen molar-refractivity contribution in [1.82, 2.24) is 4.90 Å². The molecule has 0 radical (unpaired) electrons. The molecule has 140 valence electrons. The molecule has 6 nitrogen and oxygen atoms in total. The topological polar surface area (TPSA) is 76.1 Å². The van der Waals surface area contributed by atoms with Crippen LogP contribution in [-0.2, 0) is 16.0 Å². The molecule has 0 aliphatic carbocycles. The van der Waals surface area contributed by atoms with E-state index in [1.807, 2.05) is 20.8 Å². The zero-order valence-corrected chi connectivity index (χ0v) is 15.4. The van der Waals surface area contributed by atoms with E-state index < -0.39 is 5.97 Å². The monoisotopic (exact) mass is 351 g/mol. The highest BCUT2D eigenvalue weighted by atomic mass is 16.5. The highest BCUT2D eigenvalue weighted by molar-refractivity contribution is 5.78. The van der Waals surface area contributed by atoms with Crippen molar-refractivity contribution in [3.05, 3.63) is 23.8 Å². The number of carboxylic acid groups (broad SMARTS) is 1. The van der Waals surface area contributed by atoms with Gasteiger partial charge in [-0.05, 0) is 37.0 Å². The maximum atomic E-state index is 12.3. The van der Waals surface area contributed by atoms with Crippen molar-refractivity contribution < 1.29 is 24.2 Å². The predicted molar refractivity (Wildman–Crippen MR) is 96.2 cm³/mol. The molecule has 0 aliphatic rings. The number of rotatable bonds is 12. The van der Waals surface area contributed by atoms with Gasteiger partial charge in [-0.2, -0.15) is 0 Å².